The monoisotopic (exact) mass is 235 g/mol. The summed E-state index contributed by atoms with van der Waals surface area (Å²) in [7, 11) is 1.68. The van der Waals surface area contributed by atoms with E-state index in [9.17, 15) is 0 Å². The zero-order valence-corrected chi connectivity index (χ0v) is 10.4. The van der Waals surface area contributed by atoms with Crippen LogP contribution >= 0.6 is 0 Å². The number of hydrogen-bond acceptors (Lipinski definition) is 4. The van der Waals surface area contributed by atoms with Crippen molar-refractivity contribution >= 4 is 5.69 Å². The molecule has 0 aromatic heterocycles. The zero-order valence-electron chi connectivity index (χ0n) is 10.4. The Labute approximate surface area is 103 Å². The molecule has 1 atom stereocenters. The quantitative estimate of drug-likeness (QED) is 0.824. The van der Waals surface area contributed by atoms with Crippen molar-refractivity contribution in [1.29, 1.82) is 0 Å². The highest BCUT2D eigenvalue weighted by Crippen LogP contribution is 2.30. The summed E-state index contributed by atoms with van der Waals surface area (Å²) in [4.78, 5) is 2.38. The summed E-state index contributed by atoms with van der Waals surface area (Å²) in [6.45, 7) is 2.69. The molecule has 17 heavy (non-hydrogen) atoms. The van der Waals surface area contributed by atoms with E-state index < -0.39 is 0 Å². The van der Waals surface area contributed by atoms with Gasteiger partial charge in [-0.1, -0.05) is 6.07 Å². The number of benzene rings is 1. The van der Waals surface area contributed by atoms with E-state index in [4.69, 9.17) is 16.2 Å². The lowest BCUT2D eigenvalue weighted by molar-refractivity contribution is 0.406. The van der Waals surface area contributed by atoms with Crippen LogP contribution in [0, 0.1) is 0 Å². The second-order valence-electron chi connectivity index (χ2n) is 4.46. The number of anilines is 1. The Morgan fingerprint density at radius 3 is 2.65 bits per heavy atom. The fourth-order valence-electron chi connectivity index (χ4n) is 2.31. The largest absolute Gasteiger partial charge is 0.496 e. The Morgan fingerprint density at radius 2 is 2.06 bits per heavy atom. The van der Waals surface area contributed by atoms with Crippen LogP contribution in [0.4, 0.5) is 5.69 Å². The predicted octanol–water partition coefficient (Wildman–Crippen LogP) is 1.25. The van der Waals surface area contributed by atoms with Gasteiger partial charge in [-0.2, -0.15) is 0 Å². The maximum Gasteiger partial charge on any atom is 0.125 e. The molecule has 1 aliphatic rings. The number of nitrogens with two attached hydrogens (primary N) is 2. The SMILES string of the molecule is COc1cc(N2CCCC2)ccc1[C@H](N)CN. The molecule has 4 nitrogen and oxygen atoms in total. The molecular formula is C13H21N3O. The second kappa shape index (κ2) is 5.38. The third-order valence-electron chi connectivity index (χ3n) is 3.34. The maximum atomic E-state index is 5.96. The minimum Gasteiger partial charge on any atom is -0.496 e. The van der Waals surface area contributed by atoms with Gasteiger partial charge >= 0.3 is 0 Å². The van der Waals surface area contributed by atoms with E-state index in [2.05, 4.69) is 17.0 Å². The molecule has 0 amide bonds. The molecule has 0 aliphatic carbocycles. The number of nitrogens with zero attached hydrogens (tertiary/aromatic N) is 1. The Bertz CT molecular complexity index is 375. The average molecular weight is 235 g/mol. The van der Waals surface area contributed by atoms with Crippen molar-refractivity contribution in [2.24, 2.45) is 11.5 Å². The lowest BCUT2D eigenvalue weighted by Crippen LogP contribution is -2.22. The summed E-state index contributed by atoms with van der Waals surface area (Å²) in [5.41, 5.74) is 13.8. The van der Waals surface area contributed by atoms with Gasteiger partial charge in [-0.25, -0.2) is 0 Å². The topological polar surface area (TPSA) is 64.5 Å². The summed E-state index contributed by atoms with van der Waals surface area (Å²) in [5.74, 6) is 0.840. The molecule has 1 saturated heterocycles. The predicted molar refractivity (Wildman–Crippen MR) is 70.4 cm³/mol. The van der Waals surface area contributed by atoms with Crippen LogP contribution in [0.15, 0.2) is 18.2 Å². The van der Waals surface area contributed by atoms with E-state index in [0.717, 1.165) is 24.4 Å². The van der Waals surface area contributed by atoms with Crippen molar-refractivity contribution in [1.82, 2.24) is 0 Å². The molecule has 0 radical (unpaired) electrons. The highest BCUT2D eigenvalue weighted by atomic mass is 16.5. The van der Waals surface area contributed by atoms with Crippen molar-refractivity contribution < 1.29 is 4.74 Å². The second-order valence-corrected chi connectivity index (χ2v) is 4.46. The molecule has 1 aliphatic heterocycles. The molecule has 1 fully saturated rings. The van der Waals surface area contributed by atoms with Crippen LogP contribution in [-0.4, -0.2) is 26.7 Å². The van der Waals surface area contributed by atoms with Gasteiger partial charge in [0.1, 0.15) is 5.75 Å². The van der Waals surface area contributed by atoms with Crippen LogP contribution in [0.2, 0.25) is 0 Å². The van der Waals surface area contributed by atoms with Gasteiger partial charge in [-0.05, 0) is 18.9 Å². The molecule has 1 aromatic rings. The molecule has 94 valence electrons. The zero-order chi connectivity index (χ0) is 12.3. The van der Waals surface area contributed by atoms with Crippen molar-refractivity contribution in [3.63, 3.8) is 0 Å². The van der Waals surface area contributed by atoms with Gasteiger partial charge in [0.05, 0.1) is 7.11 Å². The van der Waals surface area contributed by atoms with Gasteiger partial charge in [0.2, 0.25) is 0 Å². The van der Waals surface area contributed by atoms with Crippen molar-refractivity contribution in [3.05, 3.63) is 23.8 Å². The standard InChI is InChI=1S/C13H21N3O/c1-17-13-8-10(16-6-2-3-7-16)4-5-11(13)12(15)9-14/h4-5,8,12H,2-3,6-7,9,14-15H2,1H3/t12-/m1/s1. The van der Waals surface area contributed by atoms with E-state index >= 15 is 0 Å². The first-order chi connectivity index (χ1) is 8.26. The van der Waals surface area contributed by atoms with E-state index in [1.165, 1.54) is 18.5 Å². The average Bonchev–Trinajstić information content (AvgIpc) is 2.91. The smallest absolute Gasteiger partial charge is 0.125 e. The maximum absolute atomic E-state index is 5.96. The third-order valence-corrected chi connectivity index (χ3v) is 3.34. The van der Waals surface area contributed by atoms with Crippen molar-refractivity contribution in [3.8, 4) is 5.75 Å². The molecule has 4 N–H and O–H groups in total. The molecule has 0 bridgehead atoms. The van der Waals surface area contributed by atoms with E-state index in [0.29, 0.717) is 6.54 Å². The molecule has 0 unspecified atom stereocenters. The minimum absolute atomic E-state index is 0.155. The molecule has 1 aromatic carbocycles. The number of methoxy groups -OCH3 is 1. The summed E-state index contributed by atoms with van der Waals surface area (Å²) < 4.78 is 5.41. The third kappa shape index (κ3) is 2.53. The van der Waals surface area contributed by atoms with Crippen LogP contribution in [-0.2, 0) is 0 Å². The number of hydrogen-bond donors (Lipinski definition) is 2. The molecule has 2 rings (SSSR count). The van der Waals surface area contributed by atoms with Gasteiger partial charge in [-0.3, -0.25) is 0 Å². The highest BCUT2D eigenvalue weighted by Gasteiger charge is 2.16. The van der Waals surface area contributed by atoms with E-state index in [1.807, 2.05) is 6.07 Å². The summed E-state index contributed by atoms with van der Waals surface area (Å²) >= 11 is 0. The fourth-order valence-corrected chi connectivity index (χ4v) is 2.31. The minimum atomic E-state index is -0.155. The van der Waals surface area contributed by atoms with Crippen LogP contribution < -0.4 is 21.1 Å². The Kier molecular flexibility index (Phi) is 3.86. The highest BCUT2D eigenvalue weighted by molar-refractivity contribution is 5.55. The fraction of sp³-hybridized carbons (Fsp3) is 0.538. The summed E-state index contributed by atoms with van der Waals surface area (Å²) in [6, 6.07) is 6.05. The summed E-state index contributed by atoms with van der Waals surface area (Å²) in [5, 5.41) is 0. The van der Waals surface area contributed by atoms with Crippen molar-refractivity contribution in [2.45, 2.75) is 18.9 Å². The molecule has 0 saturated carbocycles. The molecule has 0 spiro atoms. The van der Waals surface area contributed by atoms with Gasteiger partial charge in [0.15, 0.2) is 0 Å². The van der Waals surface area contributed by atoms with Gasteiger partial charge in [-0.15, -0.1) is 0 Å². The lowest BCUT2D eigenvalue weighted by Gasteiger charge is -2.21. The molecule has 1 heterocycles. The molecular weight excluding hydrogens is 214 g/mol. The van der Waals surface area contributed by atoms with E-state index in [1.54, 1.807) is 7.11 Å². The number of ether oxygens (including phenoxy) is 1. The van der Waals surface area contributed by atoms with Gasteiger partial charge < -0.3 is 21.1 Å². The summed E-state index contributed by atoms with van der Waals surface area (Å²) in [6.07, 6.45) is 2.54. The first-order valence-electron chi connectivity index (χ1n) is 6.14. The molecule has 4 heteroatoms. The van der Waals surface area contributed by atoms with Crippen LogP contribution in [0.25, 0.3) is 0 Å². The first kappa shape index (κ1) is 12.2. The van der Waals surface area contributed by atoms with Crippen LogP contribution in [0.5, 0.6) is 5.75 Å². The van der Waals surface area contributed by atoms with Gasteiger partial charge in [0, 0.05) is 43.0 Å². The van der Waals surface area contributed by atoms with Gasteiger partial charge in [0.25, 0.3) is 0 Å². The Balaban J connectivity index is 2.26. The van der Waals surface area contributed by atoms with Crippen LogP contribution in [0.1, 0.15) is 24.4 Å². The van der Waals surface area contributed by atoms with Crippen LogP contribution in [0.3, 0.4) is 0 Å². The van der Waals surface area contributed by atoms with E-state index in [-0.39, 0.29) is 6.04 Å². The van der Waals surface area contributed by atoms with Crippen molar-refractivity contribution in [2.75, 3.05) is 31.6 Å². The Morgan fingerprint density at radius 1 is 1.35 bits per heavy atom. The Hall–Kier alpha value is -1.26. The first-order valence-corrected chi connectivity index (χ1v) is 6.14. The normalized spacial score (nSPS) is 17.2. The number of rotatable bonds is 4. The lowest BCUT2D eigenvalue weighted by atomic mass is 10.1.